The zero-order valence-electron chi connectivity index (χ0n) is 10.8. The van der Waals surface area contributed by atoms with Crippen LogP contribution in [-0.2, 0) is 6.61 Å². The van der Waals surface area contributed by atoms with Crippen LogP contribution in [0.5, 0.6) is 0 Å². The Morgan fingerprint density at radius 1 is 1.50 bits per heavy atom. The van der Waals surface area contributed by atoms with Gasteiger partial charge in [-0.1, -0.05) is 6.92 Å². The van der Waals surface area contributed by atoms with Gasteiger partial charge in [-0.2, -0.15) is 0 Å². The molecule has 1 aliphatic heterocycles. The first kappa shape index (κ1) is 12.0. The van der Waals surface area contributed by atoms with Gasteiger partial charge in [0.2, 0.25) is 0 Å². The molecule has 1 N–H and O–H groups in total. The summed E-state index contributed by atoms with van der Waals surface area (Å²) in [5.74, 6) is 0.987. The number of thiazole rings is 1. The Kier molecular flexibility index (Phi) is 3.03. The summed E-state index contributed by atoms with van der Waals surface area (Å²) in [6, 6.07) is 1.08. The van der Waals surface area contributed by atoms with Crippen LogP contribution in [-0.4, -0.2) is 26.6 Å². The summed E-state index contributed by atoms with van der Waals surface area (Å²) in [6.07, 6.45) is 5.58. The molecule has 0 amide bonds. The largest absolute Gasteiger partial charge is 0.390 e. The second-order valence-corrected chi connectivity index (χ2v) is 5.86. The van der Waals surface area contributed by atoms with Crippen molar-refractivity contribution in [2.75, 3.05) is 4.90 Å². The van der Waals surface area contributed by atoms with Gasteiger partial charge in [-0.05, 0) is 26.2 Å². The zero-order valence-corrected chi connectivity index (χ0v) is 11.7. The van der Waals surface area contributed by atoms with Gasteiger partial charge in [0.05, 0.1) is 12.3 Å². The van der Waals surface area contributed by atoms with Gasteiger partial charge >= 0.3 is 0 Å². The van der Waals surface area contributed by atoms with Crippen molar-refractivity contribution >= 4 is 22.1 Å². The summed E-state index contributed by atoms with van der Waals surface area (Å²) in [6.45, 7) is 4.53. The second kappa shape index (κ2) is 4.55. The van der Waals surface area contributed by atoms with Gasteiger partial charge in [-0.25, -0.2) is 4.98 Å². The van der Waals surface area contributed by atoms with Crippen LogP contribution in [0.2, 0.25) is 0 Å². The van der Waals surface area contributed by atoms with E-state index in [1.165, 1.54) is 12.8 Å². The molecule has 1 fully saturated rings. The summed E-state index contributed by atoms with van der Waals surface area (Å²) in [4.78, 5) is 8.10. The van der Waals surface area contributed by atoms with Gasteiger partial charge in [0.15, 0.2) is 10.8 Å². The van der Waals surface area contributed by atoms with E-state index < -0.39 is 0 Å². The van der Waals surface area contributed by atoms with Gasteiger partial charge in [-0.3, -0.25) is 4.40 Å². The summed E-state index contributed by atoms with van der Waals surface area (Å²) in [5, 5.41) is 11.7. The third kappa shape index (κ3) is 1.65. The van der Waals surface area contributed by atoms with Crippen molar-refractivity contribution in [2.24, 2.45) is 0 Å². The molecule has 2 aromatic rings. The number of imidazole rings is 1. The summed E-state index contributed by atoms with van der Waals surface area (Å²) >= 11 is 1.62. The van der Waals surface area contributed by atoms with Crippen LogP contribution in [0.4, 0.5) is 5.82 Å². The van der Waals surface area contributed by atoms with E-state index in [1.807, 2.05) is 16.0 Å². The summed E-state index contributed by atoms with van der Waals surface area (Å²) in [7, 11) is 0. The van der Waals surface area contributed by atoms with E-state index in [0.29, 0.717) is 12.1 Å². The average Bonchev–Trinajstić information content (AvgIpc) is 3.01. The number of hydrogen-bond donors (Lipinski definition) is 1. The van der Waals surface area contributed by atoms with Crippen molar-refractivity contribution in [3.05, 3.63) is 17.3 Å². The maximum Gasteiger partial charge on any atom is 0.195 e. The SMILES string of the molecule is CCC1CCC(C)N1c1nc2sccn2c1CO. The summed E-state index contributed by atoms with van der Waals surface area (Å²) < 4.78 is 2.01. The molecule has 98 valence electrons. The lowest BCUT2D eigenvalue weighted by atomic mass is 10.1. The van der Waals surface area contributed by atoms with E-state index in [1.54, 1.807) is 11.3 Å². The molecular formula is C13H19N3OS. The van der Waals surface area contributed by atoms with Crippen LogP contribution in [0.25, 0.3) is 4.96 Å². The van der Waals surface area contributed by atoms with Crippen LogP contribution < -0.4 is 4.90 Å². The molecular weight excluding hydrogens is 246 g/mol. The number of hydrogen-bond acceptors (Lipinski definition) is 4. The van der Waals surface area contributed by atoms with Crippen molar-refractivity contribution in [1.29, 1.82) is 0 Å². The Balaban J connectivity index is 2.09. The molecule has 0 aliphatic carbocycles. The predicted octanol–water partition coefficient (Wildman–Crippen LogP) is 2.66. The molecule has 1 aliphatic rings. The van der Waals surface area contributed by atoms with Crippen molar-refractivity contribution in [3.63, 3.8) is 0 Å². The molecule has 2 aromatic heterocycles. The first-order valence-electron chi connectivity index (χ1n) is 6.59. The molecule has 18 heavy (non-hydrogen) atoms. The van der Waals surface area contributed by atoms with E-state index in [0.717, 1.165) is 22.9 Å². The highest BCUT2D eigenvalue weighted by molar-refractivity contribution is 7.15. The average molecular weight is 265 g/mol. The first-order valence-corrected chi connectivity index (χ1v) is 7.47. The normalized spacial score (nSPS) is 24.3. The number of aliphatic hydroxyl groups excluding tert-OH is 1. The molecule has 2 atom stereocenters. The first-order chi connectivity index (χ1) is 8.76. The minimum atomic E-state index is 0.0485. The number of aliphatic hydroxyl groups is 1. The van der Waals surface area contributed by atoms with Crippen molar-refractivity contribution in [1.82, 2.24) is 9.38 Å². The number of aromatic nitrogens is 2. The third-order valence-corrected chi connectivity index (χ3v) is 4.75. The van der Waals surface area contributed by atoms with Gasteiger partial charge < -0.3 is 10.0 Å². The highest BCUT2D eigenvalue weighted by Gasteiger charge is 2.33. The fourth-order valence-electron chi connectivity index (χ4n) is 3.03. The van der Waals surface area contributed by atoms with Crippen molar-refractivity contribution in [2.45, 2.75) is 51.8 Å². The topological polar surface area (TPSA) is 40.8 Å². The Bertz CT molecular complexity index is 547. The predicted molar refractivity (Wildman–Crippen MR) is 74.2 cm³/mol. The van der Waals surface area contributed by atoms with E-state index in [4.69, 9.17) is 4.98 Å². The number of nitrogens with zero attached hydrogens (tertiary/aromatic N) is 3. The Morgan fingerprint density at radius 3 is 3.06 bits per heavy atom. The van der Waals surface area contributed by atoms with E-state index in [9.17, 15) is 5.11 Å². The second-order valence-electron chi connectivity index (χ2n) is 4.99. The van der Waals surface area contributed by atoms with E-state index >= 15 is 0 Å². The molecule has 0 radical (unpaired) electrons. The molecule has 5 heteroatoms. The molecule has 0 aromatic carbocycles. The minimum absolute atomic E-state index is 0.0485. The summed E-state index contributed by atoms with van der Waals surface area (Å²) in [5.41, 5.74) is 0.929. The van der Waals surface area contributed by atoms with Gasteiger partial charge in [0.1, 0.15) is 0 Å². The van der Waals surface area contributed by atoms with Crippen molar-refractivity contribution in [3.8, 4) is 0 Å². The Labute approximate surface area is 111 Å². The monoisotopic (exact) mass is 265 g/mol. The van der Waals surface area contributed by atoms with Gasteiger partial charge in [0.25, 0.3) is 0 Å². The van der Waals surface area contributed by atoms with Gasteiger partial charge in [0, 0.05) is 23.7 Å². The third-order valence-electron chi connectivity index (χ3n) is 3.99. The molecule has 0 bridgehead atoms. The smallest absolute Gasteiger partial charge is 0.195 e. The van der Waals surface area contributed by atoms with E-state index in [2.05, 4.69) is 18.7 Å². The lowest BCUT2D eigenvalue weighted by Gasteiger charge is -2.28. The maximum absolute atomic E-state index is 9.65. The Hall–Kier alpha value is -1.07. The number of fused-ring (bicyclic) bond motifs is 1. The molecule has 4 nitrogen and oxygen atoms in total. The number of rotatable bonds is 3. The van der Waals surface area contributed by atoms with Crippen LogP contribution >= 0.6 is 11.3 Å². The zero-order chi connectivity index (χ0) is 12.7. The van der Waals surface area contributed by atoms with Crippen LogP contribution in [0.1, 0.15) is 38.8 Å². The fourth-order valence-corrected chi connectivity index (χ4v) is 3.76. The fraction of sp³-hybridized carbons (Fsp3) is 0.615. The van der Waals surface area contributed by atoms with Crippen molar-refractivity contribution < 1.29 is 5.11 Å². The van der Waals surface area contributed by atoms with Crippen LogP contribution in [0.3, 0.4) is 0 Å². The molecule has 3 heterocycles. The molecule has 3 rings (SSSR count). The Morgan fingerprint density at radius 2 is 2.33 bits per heavy atom. The highest BCUT2D eigenvalue weighted by Crippen LogP contribution is 2.34. The molecule has 0 saturated carbocycles. The molecule has 1 saturated heterocycles. The minimum Gasteiger partial charge on any atom is -0.390 e. The lowest BCUT2D eigenvalue weighted by Crippen LogP contribution is -2.35. The quantitative estimate of drug-likeness (QED) is 0.927. The molecule has 0 spiro atoms. The standard InChI is InChI=1S/C13H19N3OS/c1-3-10-5-4-9(2)16(10)12-11(8-17)15-6-7-18-13(15)14-12/h6-7,9-10,17H,3-5,8H2,1-2H3. The van der Waals surface area contributed by atoms with Crippen LogP contribution in [0.15, 0.2) is 11.6 Å². The molecule has 2 unspecified atom stereocenters. The highest BCUT2D eigenvalue weighted by atomic mass is 32.1. The number of anilines is 1. The van der Waals surface area contributed by atoms with Crippen LogP contribution in [0, 0.1) is 0 Å². The lowest BCUT2D eigenvalue weighted by molar-refractivity contribution is 0.276. The maximum atomic E-state index is 9.65. The van der Waals surface area contributed by atoms with Gasteiger partial charge in [-0.15, -0.1) is 11.3 Å². The van der Waals surface area contributed by atoms with E-state index in [-0.39, 0.29) is 6.61 Å².